The average Bonchev–Trinajstić information content (AvgIpc) is 3.34. The van der Waals surface area contributed by atoms with Gasteiger partial charge in [0.05, 0.1) is 12.1 Å². The summed E-state index contributed by atoms with van der Waals surface area (Å²) in [4.78, 5) is 41.1. The molecule has 13 heteroatoms. The minimum Gasteiger partial charge on any atom is -0.489 e. The first kappa shape index (κ1) is 50.6. The van der Waals surface area contributed by atoms with E-state index in [9.17, 15) is 19.5 Å². The number of aliphatic hydroxyl groups is 1. The molecular weight excluding hydrogens is 875 g/mol. The summed E-state index contributed by atoms with van der Waals surface area (Å²) in [7, 11) is 0.0140. The van der Waals surface area contributed by atoms with Gasteiger partial charge in [0, 0.05) is 34.6 Å². The van der Waals surface area contributed by atoms with E-state index in [-0.39, 0.29) is 45.8 Å². The number of aliphatic hydroxyl groups excluding tert-OH is 1. The van der Waals surface area contributed by atoms with E-state index in [1.807, 2.05) is 158 Å². The van der Waals surface area contributed by atoms with Crippen molar-refractivity contribution in [1.82, 2.24) is 10.2 Å². The summed E-state index contributed by atoms with van der Waals surface area (Å²) < 4.78 is 29.8. The number of benzene rings is 6. The Balaban J connectivity index is 1.28. The maximum absolute atomic E-state index is 13.7. The highest BCUT2D eigenvalue weighted by atomic mass is 28.3. The average molecular weight is 938 g/mol. The monoisotopic (exact) mass is 937 g/mol. The highest BCUT2D eigenvalue weighted by molar-refractivity contribution is 6.76. The van der Waals surface area contributed by atoms with Gasteiger partial charge in [0.2, 0.25) is 5.91 Å². The fraction of sp³-hybridized carbons (Fsp3) is 0.291. The predicted molar refractivity (Wildman–Crippen MR) is 266 cm³/mol. The first-order valence-corrected chi connectivity index (χ1v) is 26.6. The SMILES string of the molecule is CN(CC(=O)OCc1ccccc1)C(=O)[C@@H](N)Cc1cc(-c2ccc(OCc3ccccc3)c(C[C@H](NC(=O)OCc3ccccc3)C(O)OCC[Si](C)(C)C)c2)ccc1OCc1ccccc1. The van der Waals surface area contributed by atoms with Gasteiger partial charge in [0.1, 0.15) is 44.5 Å². The summed E-state index contributed by atoms with van der Waals surface area (Å²) >= 11 is 0. The van der Waals surface area contributed by atoms with Crippen molar-refractivity contribution in [2.24, 2.45) is 5.73 Å². The minimum atomic E-state index is -1.51. The maximum atomic E-state index is 13.7. The Hall–Kier alpha value is -6.77. The summed E-state index contributed by atoms with van der Waals surface area (Å²) in [6.45, 7) is 7.45. The Labute approximate surface area is 401 Å². The number of nitrogens with two attached hydrogens (primary N) is 1. The molecule has 0 aromatic heterocycles. The van der Waals surface area contributed by atoms with E-state index >= 15 is 0 Å². The molecule has 0 saturated heterocycles. The lowest BCUT2D eigenvalue weighted by molar-refractivity contribution is -0.149. The molecule has 4 N–H and O–H groups in total. The normalized spacial score (nSPS) is 12.6. The van der Waals surface area contributed by atoms with Crippen molar-refractivity contribution in [3.63, 3.8) is 0 Å². The Morgan fingerprint density at radius 3 is 1.53 bits per heavy atom. The number of ether oxygens (including phenoxy) is 5. The van der Waals surface area contributed by atoms with Crippen molar-refractivity contribution in [3.05, 3.63) is 191 Å². The van der Waals surface area contributed by atoms with Crippen LogP contribution in [0.1, 0.15) is 33.4 Å². The zero-order valence-corrected chi connectivity index (χ0v) is 40.3. The number of hydrogen-bond acceptors (Lipinski definition) is 10. The van der Waals surface area contributed by atoms with E-state index < -0.39 is 44.4 Å². The molecule has 0 aliphatic rings. The van der Waals surface area contributed by atoms with Crippen LogP contribution in [0, 0.1) is 0 Å². The summed E-state index contributed by atoms with van der Waals surface area (Å²) in [5.41, 5.74) is 13.2. The van der Waals surface area contributed by atoms with Crippen LogP contribution in [0.5, 0.6) is 11.5 Å². The Bertz CT molecular complexity index is 2510. The highest BCUT2D eigenvalue weighted by Crippen LogP contribution is 2.33. The van der Waals surface area contributed by atoms with Gasteiger partial charge in [-0.1, -0.05) is 153 Å². The number of amides is 2. The highest BCUT2D eigenvalue weighted by Gasteiger charge is 2.27. The zero-order valence-electron chi connectivity index (χ0n) is 39.3. The van der Waals surface area contributed by atoms with Crippen LogP contribution in [0.3, 0.4) is 0 Å². The second-order valence-electron chi connectivity index (χ2n) is 17.9. The molecule has 1 unspecified atom stereocenters. The molecule has 12 nitrogen and oxygen atoms in total. The van der Waals surface area contributed by atoms with E-state index in [4.69, 9.17) is 29.4 Å². The molecule has 0 aliphatic heterocycles. The second kappa shape index (κ2) is 25.4. The molecule has 0 aliphatic carbocycles. The fourth-order valence-corrected chi connectivity index (χ4v) is 7.96. The topological polar surface area (TPSA) is 159 Å². The largest absolute Gasteiger partial charge is 0.489 e. The Kier molecular flexibility index (Phi) is 18.9. The molecule has 0 heterocycles. The van der Waals surface area contributed by atoms with Crippen LogP contribution in [0.4, 0.5) is 4.79 Å². The number of nitrogens with one attached hydrogen (secondary N) is 1. The minimum absolute atomic E-state index is 0.0487. The molecule has 0 bridgehead atoms. The molecule has 0 fully saturated rings. The van der Waals surface area contributed by atoms with Crippen molar-refractivity contribution < 1.29 is 43.2 Å². The number of alkyl carbamates (subject to hydrolysis) is 1. The predicted octanol–water partition coefficient (Wildman–Crippen LogP) is 9.09. The maximum Gasteiger partial charge on any atom is 0.407 e. The lowest BCUT2D eigenvalue weighted by Gasteiger charge is -2.26. The van der Waals surface area contributed by atoms with Crippen LogP contribution in [-0.2, 0) is 63.1 Å². The molecule has 2 amide bonds. The molecule has 356 valence electrons. The number of likely N-dealkylation sites (N-methyl/N-ethyl adjacent to an activating group) is 1. The number of rotatable bonds is 24. The molecule has 6 aromatic rings. The van der Waals surface area contributed by atoms with Crippen molar-refractivity contribution in [2.45, 2.75) is 83.3 Å². The van der Waals surface area contributed by atoms with Crippen molar-refractivity contribution in [2.75, 3.05) is 20.2 Å². The molecule has 3 atom stereocenters. The van der Waals surface area contributed by atoms with Crippen LogP contribution >= 0.6 is 0 Å². The van der Waals surface area contributed by atoms with Gasteiger partial charge in [-0.25, -0.2) is 4.79 Å². The van der Waals surface area contributed by atoms with Gasteiger partial charge >= 0.3 is 12.1 Å². The smallest absolute Gasteiger partial charge is 0.407 e. The van der Waals surface area contributed by atoms with E-state index in [2.05, 4.69) is 25.0 Å². The van der Waals surface area contributed by atoms with Gasteiger partial charge in [-0.3, -0.25) is 9.59 Å². The standard InChI is InChI=1S/C55H63N3O9Si/c1-58(35-52(59)66-38-42-21-13-7-14-22-42)53(60)48(56)33-46-31-44(25-27-50(46)64-36-40-17-9-5-10-18-40)45-26-28-51(65-37-41-19-11-6-12-20-41)47(32-45)34-49(54(61)63-29-30-68(2,3)4)57-55(62)67-39-43-23-15-8-16-24-43/h5-28,31-32,48-49,54,61H,29-30,33-39,56H2,1-4H3,(H,57,62)/t48-,49-,54?/m0/s1. The number of nitrogens with zero attached hydrogens (tertiary/aromatic N) is 1. The number of carbonyl (C=O) groups excluding carboxylic acids is 3. The van der Waals surface area contributed by atoms with Crippen LogP contribution in [0.15, 0.2) is 158 Å². The third kappa shape index (κ3) is 16.5. The van der Waals surface area contributed by atoms with Gasteiger partial charge in [-0.05, 0) is 74.8 Å². The lowest BCUT2D eigenvalue weighted by atomic mass is 9.95. The summed E-state index contributed by atoms with van der Waals surface area (Å²) in [6.07, 6.45) is -1.84. The summed E-state index contributed by atoms with van der Waals surface area (Å²) in [5, 5.41) is 14.5. The molecule has 0 radical (unpaired) electrons. The van der Waals surface area contributed by atoms with Crippen molar-refractivity contribution in [3.8, 4) is 22.6 Å². The molecule has 6 rings (SSSR count). The van der Waals surface area contributed by atoms with Crippen LogP contribution in [0.25, 0.3) is 11.1 Å². The summed E-state index contributed by atoms with van der Waals surface area (Å²) in [6, 6.07) is 48.6. The van der Waals surface area contributed by atoms with E-state index in [0.29, 0.717) is 29.2 Å². The van der Waals surface area contributed by atoms with Gasteiger partial charge in [0.15, 0.2) is 6.29 Å². The van der Waals surface area contributed by atoms with Gasteiger partial charge in [-0.15, -0.1) is 0 Å². The van der Waals surface area contributed by atoms with Crippen molar-refractivity contribution >= 4 is 26.0 Å². The zero-order chi connectivity index (χ0) is 48.3. The van der Waals surface area contributed by atoms with Crippen molar-refractivity contribution in [1.29, 1.82) is 0 Å². The van der Waals surface area contributed by atoms with Crippen LogP contribution in [0.2, 0.25) is 25.7 Å². The Morgan fingerprint density at radius 1 is 0.618 bits per heavy atom. The molecule has 6 aromatic carbocycles. The third-order valence-corrected chi connectivity index (χ3v) is 12.8. The molecule has 0 saturated carbocycles. The third-order valence-electron chi connectivity index (χ3n) is 11.1. The molecule has 68 heavy (non-hydrogen) atoms. The second-order valence-corrected chi connectivity index (χ2v) is 23.6. The number of carbonyl (C=O) groups is 3. The first-order valence-electron chi connectivity index (χ1n) is 22.9. The van der Waals surface area contributed by atoms with Crippen LogP contribution < -0.4 is 20.5 Å². The van der Waals surface area contributed by atoms with Crippen LogP contribution in [-0.4, -0.2) is 74.6 Å². The van der Waals surface area contributed by atoms with Gasteiger partial charge < -0.3 is 44.7 Å². The number of esters is 1. The fourth-order valence-electron chi connectivity index (χ4n) is 7.23. The molecular formula is C55H63N3O9Si. The van der Waals surface area contributed by atoms with E-state index in [1.54, 1.807) is 0 Å². The van der Waals surface area contributed by atoms with Gasteiger partial charge in [-0.2, -0.15) is 0 Å². The van der Waals surface area contributed by atoms with E-state index in [1.165, 1.54) is 11.9 Å². The quantitative estimate of drug-likeness (QED) is 0.0304. The Morgan fingerprint density at radius 2 is 1.06 bits per heavy atom. The number of hydrogen-bond donors (Lipinski definition) is 3. The van der Waals surface area contributed by atoms with E-state index in [0.717, 1.165) is 39.4 Å². The lowest BCUT2D eigenvalue weighted by Crippen LogP contribution is -2.46. The molecule has 0 spiro atoms. The summed E-state index contributed by atoms with van der Waals surface area (Å²) in [5.74, 6) is 0.114. The first-order chi connectivity index (χ1) is 32.8. The van der Waals surface area contributed by atoms with Gasteiger partial charge in [0.25, 0.3) is 0 Å².